The number of hydrogen-bond donors (Lipinski definition) is 1. The van der Waals surface area contributed by atoms with E-state index in [1.54, 1.807) is 6.07 Å². The number of rotatable bonds is 5. The lowest BCUT2D eigenvalue weighted by molar-refractivity contribution is 0.0103. The molecule has 1 aliphatic heterocycles. The first kappa shape index (κ1) is 22.4. The van der Waals surface area contributed by atoms with E-state index in [4.69, 9.17) is 34.8 Å². The number of anilines is 1. The molecule has 31 heavy (non-hydrogen) atoms. The van der Waals surface area contributed by atoms with Crippen LogP contribution in [0.5, 0.6) is 0 Å². The predicted molar refractivity (Wildman–Crippen MR) is 130 cm³/mol. The number of hydrogen-bond acceptors (Lipinski definition) is 3. The molecule has 0 aromatic heterocycles. The molecule has 4 rings (SSSR count). The van der Waals surface area contributed by atoms with Crippen molar-refractivity contribution in [3.05, 3.63) is 99.0 Å². The molecule has 162 valence electrons. The van der Waals surface area contributed by atoms with Crippen molar-refractivity contribution in [2.45, 2.75) is 18.6 Å². The molecule has 0 bridgehead atoms. The van der Waals surface area contributed by atoms with Crippen molar-refractivity contribution in [1.29, 1.82) is 0 Å². The van der Waals surface area contributed by atoms with E-state index in [0.29, 0.717) is 21.6 Å². The van der Waals surface area contributed by atoms with Gasteiger partial charge in [-0.1, -0.05) is 77.3 Å². The average Bonchev–Trinajstić information content (AvgIpc) is 2.75. The van der Waals surface area contributed by atoms with E-state index >= 15 is 0 Å². The third-order valence-corrected chi connectivity index (χ3v) is 6.66. The largest absolute Gasteiger partial charge is 0.384 e. The maximum Gasteiger partial charge on any atom is 0.0994 e. The second-order valence-corrected chi connectivity index (χ2v) is 9.51. The number of aliphatic hydroxyl groups is 1. The summed E-state index contributed by atoms with van der Waals surface area (Å²) in [4.78, 5) is 4.63. The fourth-order valence-electron chi connectivity index (χ4n) is 4.28. The minimum atomic E-state index is -0.939. The molecule has 1 fully saturated rings. The molecule has 0 spiro atoms. The molecule has 3 aromatic rings. The van der Waals surface area contributed by atoms with E-state index in [1.165, 1.54) is 0 Å². The molecule has 0 aliphatic carbocycles. The first-order chi connectivity index (χ1) is 14.8. The van der Waals surface area contributed by atoms with Gasteiger partial charge in [-0.25, -0.2) is 0 Å². The first-order valence-electron chi connectivity index (χ1n) is 10.3. The molecule has 2 atom stereocenters. The summed E-state index contributed by atoms with van der Waals surface area (Å²) in [5.41, 5.74) is 2.09. The zero-order valence-electron chi connectivity index (χ0n) is 17.3. The van der Waals surface area contributed by atoms with Gasteiger partial charge in [0, 0.05) is 36.2 Å². The second-order valence-electron chi connectivity index (χ2n) is 8.23. The monoisotopic (exact) mass is 474 g/mol. The molecule has 1 heterocycles. The lowest BCUT2D eigenvalue weighted by atomic mass is 9.94. The third-order valence-electron chi connectivity index (χ3n) is 5.87. The van der Waals surface area contributed by atoms with Gasteiger partial charge >= 0.3 is 0 Å². The molecule has 1 saturated heterocycles. The van der Waals surface area contributed by atoms with E-state index in [2.05, 4.69) is 21.9 Å². The maximum absolute atomic E-state index is 11.2. The zero-order chi connectivity index (χ0) is 22.0. The maximum atomic E-state index is 11.2. The number of benzene rings is 3. The highest BCUT2D eigenvalue weighted by Crippen LogP contribution is 2.37. The van der Waals surface area contributed by atoms with Gasteiger partial charge < -0.3 is 10.0 Å². The van der Waals surface area contributed by atoms with Gasteiger partial charge in [-0.2, -0.15) is 0 Å². The van der Waals surface area contributed by atoms with Gasteiger partial charge in [-0.05, 0) is 48.4 Å². The van der Waals surface area contributed by atoms with Crippen LogP contribution in [0.3, 0.4) is 0 Å². The van der Waals surface area contributed by atoms with Crippen molar-refractivity contribution in [3.63, 3.8) is 0 Å². The quantitative estimate of drug-likeness (QED) is 0.461. The van der Waals surface area contributed by atoms with E-state index in [0.717, 1.165) is 36.4 Å². The smallest absolute Gasteiger partial charge is 0.0994 e. The van der Waals surface area contributed by atoms with Crippen LogP contribution in [0.25, 0.3) is 0 Å². The molecule has 1 N–H and O–H groups in total. The van der Waals surface area contributed by atoms with E-state index < -0.39 is 5.60 Å². The first-order valence-corrected chi connectivity index (χ1v) is 11.4. The topological polar surface area (TPSA) is 26.7 Å². The Hall–Kier alpha value is -1.75. The Kier molecular flexibility index (Phi) is 6.80. The van der Waals surface area contributed by atoms with Crippen LogP contribution in [0.1, 0.15) is 24.1 Å². The van der Waals surface area contributed by atoms with Crippen LogP contribution in [-0.2, 0) is 5.60 Å². The van der Waals surface area contributed by atoms with Crippen molar-refractivity contribution >= 4 is 40.5 Å². The summed E-state index contributed by atoms with van der Waals surface area (Å²) in [6, 6.07) is 23.5. The van der Waals surface area contributed by atoms with E-state index in [1.807, 2.05) is 61.5 Å². The van der Waals surface area contributed by atoms with E-state index in [9.17, 15) is 5.11 Å². The highest BCUT2D eigenvalue weighted by molar-refractivity contribution is 6.36. The summed E-state index contributed by atoms with van der Waals surface area (Å²) < 4.78 is 0. The molecule has 6 heteroatoms. The predicted octanol–water partition coefficient (Wildman–Crippen LogP) is 6.42. The Labute approximate surface area is 198 Å². The van der Waals surface area contributed by atoms with Gasteiger partial charge in [-0.3, -0.25) is 4.90 Å². The van der Waals surface area contributed by atoms with Gasteiger partial charge in [0.05, 0.1) is 22.4 Å². The Balaban J connectivity index is 1.62. The van der Waals surface area contributed by atoms with Crippen molar-refractivity contribution in [2.24, 2.45) is 0 Å². The lowest BCUT2D eigenvalue weighted by Crippen LogP contribution is -2.52. The van der Waals surface area contributed by atoms with E-state index in [-0.39, 0.29) is 6.04 Å². The number of β-amino-alcohol motifs (C(OH)–C–C–N with tert-alkyl or cyclic N) is 1. The zero-order valence-corrected chi connectivity index (χ0v) is 19.6. The molecule has 1 aliphatic rings. The van der Waals surface area contributed by atoms with Crippen LogP contribution in [0.2, 0.25) is 15.1 Å². The lowest BCUT2D eigenvalue weighted by Gasteiger charge is -2.45. The van der Waals surface area contributed by atoms with Gasteiger partial charge in [-0.15, -0.1) is 0 Å². The van der Waals surface area contributed by atoms with Crippen molar-refractivity contribution in [3.8, 4) is 0 Å². The normalized spacial score (nSPS) is 19.3. The minimum absolute atomic E-state index is 0.0660. The summed E-state index contributed by atoms with van der Waals surface area (Å²) in [7, 11) is 0. The average molecular weight is 476 g/mol. The van der Waals surface area contributed by atoms with Crippen molar-refractivity contribution in [2.75, 3.05) is 31.1 Å². The summed E-state index contributed by atoms with van der Waals surface area (Å²) in [6.45, 7) is 4.76. The Morgan fingerprint density at radius 1 is 0.903 bits per heavy atom. The number of piperazine rings is 1. The summed E-state index contributed by atoms with van der Waals surface area (Å²) >= 11 is 18.8. The molecule has 0 saturated carbocycles. The van der Waals surface area contributed by atoms with Crippen LogP contribution < -0.4 is 4.90 Å². The van der Waals surface area contributed by atoms with Crippen LogP contribution >= 0.6 is 34.8 Å². The SMILES string of the molecule is C[C@@](O)(CN1CCN(c2ccc(Cl)cc2Cl)C(c2ccc(Cl)cc2)C1)c1ccccc1. The van der Waals surface area contributed by atoms with Gasteiger partial charge in [0.25, 0.3) is 0 Å². The second kappa shape index (κ2) is 9.40. The highest BCUT2D eigenvalue weighted by atomic mass is 35.5. The van der Waals surface area contributed by atoms with Gasteiger partial charge in [0.15, 0.2) is 0 Å². The molecule has 0 amide bonds. The fourth-order valence-corrected chi connectivity index (χ4v) is 4.92. The number of nitrogens with zero attached hydrogens (tertiary/aromatic N) is 2. The van der Waals surface area contributed by atoms with Gasteiger partial charge in [0.1, 0.15) is 0 Å². The summed E-state index contributed by atoms with van der Waals surface area (Å²) in [5.74, 6) is 0. The van der Waals surface area contributed by atoms with Gasteiger partial charge in [0.2, 0.25) is 0 Å². The molecular weight excluding hydrogens is 451 g/mol. The van der Waals surface area contributed by atoms with Crippen LogP contribution in [-0.4, -0.2) is 36.2 Å². The molecule has 3 nitrogen and oxygen atoms in total. The van der Waals surface area contributed by atoms with Crippen LogP contribution in [0.4, 0.5) is 5.69 Å². The highest BCUT2D eigenvalue weighted by Gasteiger charge is 2.33. The molecular formula is C25H25Cl3N2O. The summed E-state index contributed by atoms with van der Waals surface area (Å²) in [5, 5.41) is 13.1. The minimum Gasteiger partial charge on any atom is -0.384 e. The Bertz CT molecular complexity index is 1020. The number of halogens is 3. The molecule has 1 unspecified atom stereocenters. The standard InChI is InChI=1S/C25H25Cl3N2O/c1-25(31,19-5-3-2-4-6-19)17-29-13-14-30(23-12-11-21(27)15-22(23)28)24(16-29)18-7-9-20(26)10-8-18/h2-12,15,24,31H,13-14,16-17H2,1H3/t24?,25-/m1/s1. The fraction of sp³-hybridized carbons (Fsp3) is 0.280. The Morgan fingerprint density at radius 2 is 1.58 bits per heavy atom. The van der Waals surface area contributed by atoms with Crippen molar-refractivity contribution in [1.82, 2.24) is 4.90 Å². The Morgan fingerprint density at radius 3 is 2.26 bits per heavy atom. The molecule has 3 aromatic carbocycles. The summed E-state index contributed by atoms with van der Waals surface area (Å²) in [6.07, 6.45) is 0. The van der Waals surface area contributed by atoms with Crippen molar-refractivity contribution < 1.29 is 5.11 Å². The van der Waals surface area contributed by atoms with Crippen LogP contribution in [0.15, 0.2) is 72.8 Å². The molecule has 0 radical (unpaired) electrons. The van der Waals surface area contributed by atoms with Crippen LogP contribution in [0, 0.1) is 0 Å². The third kappa shape index (κ3) is 5.19.